The Bertz CT molecular complexity index is 1070. The number of benzene rings is 3. The van der Waals surface area contributed by atoms with E-state index in [1.54, 1.807) is 0 Å². The predicted octanol–water partition coefficient (Wildman–Crippen LogP) is 6.19. The Kier molecular flexibility index (Phi) is 4.51. The molecule has 1 heterocycles. The number of hydrogen-bond acceptors (Lipinski definition) is 2. The maximum absolute atomic E-state index is 6.11. The van der Waals surface area contributed by atoms with Crippen LogP contribution in [0.3, 0.4) is 0 Å². The monoisotopic (exact) mass is 406 g/mol. The average molecular weight is 407 g/mol. The van der Waals surface area contributed by atoms with Gasteiger partial charge in [-0.3, -0.25) is 0 Å². The van der Waals surface area contributed by atoms with Crippen LogP contribution in [0.1, 0.15) is 16.7 Å². The number of H-pyrrole nitrogens is 1. The van der Waals surface area contributed by atoms with Crippen LogP contribution < -0.4 is 4.74 Å². The minimum Gasteiger partial charge on any atom is -0.488 e. The highest BCUT2D eigenvalue weighted by atomic mass is 79.9. The molecule has 0 saturated carbocycles. The Morgan fingerprint density at radius 1 is 0.923 bits per heavy atom. The lowest BCUT2D eigenvalue weighted by molar-refractivity contribution is 0.307. The van der Waals surface area contributed by atoms with Crippen LogP contribution in [0.4, 0.5) is 0 Å². The lowest BCUT2D eigenvalue weighted by atomic mass is 10.1. The Morgan fingerprint density at radius 3 is 2.50 bits per heavy atom. The molecule has 0 aliphatic carbocycles. The van der Waals surface area contributed by atoms with Gasteiger partial charge in [-0.05, 0) is 55.3 Å². The Labute approximate surface area is 161 Å². The van der Waals surface area contributed by atoms with Crippen LogP contribution in [0.15, 0.2) is 65.1 Å². The van der Waals surface area contributed by atoms with E-state index < -0.39 is 0 Å². The van der Waals surface area contributed by atoms with Crippen molar-refractivity contribution in [2.24, 2.45) is 0 Å². The molecule has 4 heteroatoms. The Hall–Kier alpha value is -2.59. The highest BCUT2D eigenvalue weighted by Crippen LogP contribution is 2.33. The van der Waals surface area contributed by atoms with Crippen LogP contribution in [0.5, 0.6) is 5.75 Å². The average Bonchev–Trinajstić information content (AvgIpc) is 3.05. The topological polar surface area (TPSA) is 37.9 Å². The fraction of sp³-hybridized carbons (Fsp3) is 0.136. The van der Waals surface area contributed by atoms with E-state index in [-0.39, 0.29) is 0 Å². The second-order valence-corrected chi connectivity index (χ2v) is 7.44. The number of aromatic nitrogens is 2. The molecule has 1 aromatic heterocycles. The fourth-order valence-corrected chi connectivity index (χ4v) is 3.27. The zero-order valence-electron chi connectivity index (χ0n) is 14.7. The standard InChI is InChI=1S/C22H19BrN2O/c1-14-3-6-16(7-4-14)13-26-21-10-8-17(23)12-18(21)22-24-19-9-5-15(2)11-20(19)25-22/h3-12H,13H2,1-2H3,(H,24,25). The van der Waals surface area contributed by atoms with Crippen molar-refractivity contribution < 1.29 is 4.74 Å². The molecular weight excluding hydrogens is 388 g/mol. The summed E-state index contributed by atoms with van der Waals surface area (Å²) in [6, 6.07) is 20.6. The van der Waals surface area contributed by atoms with Crippen molar-refractivity contribution in [1.29, 1.82) is 0 Å². The summed E-state index contributed by atoms with van der Waals surface area (Å²) in [7, 11) is 0. The predicted molar refractivity (Wildman–Crippen MR) is 109 cm³/mol. The van der Waals surface area contributed by atoms with Gasteiger partial charge in [0, 0.05) is 4.47 Å². The molecule has 1 N–H and O–H groups in total. The van der Waals surface area contributed by atoms with Gasteiger partial charge in [-0.1, -0.05) is 51.8 Å². The van der Waals surface area contributed by atoms with Crippen molar-refractivity contribution in [3.05, 3.63) is 81.8 Å². The number of fused-ring (bicyclic) bond motifs is 1. The summed E-state index contributed by atoms with van der Waals surface area (Å²) in [6.45, 7) is 4.68. The van der Waals surface area contributed by atoms with E-state index in [0.717, 1.165) is 38.2 Å². The number of hydrogen-bond donors (Lipinski definition) is 1. The maximum atomic E-state index is 6.11. The first-order chi connectivity index (χ1) is 12.6. The van der Waals surface area contributed by atoms with E-state index in [2.05, 4.69) is 71.2 Å². The number of aryl methyl sites for hydroxylation is 2. The maximum Gasteiger partial charge on any atom is 0.142 e. The smallest absolute Gasteiger partial charge is 0.142 e. The van der Waals surface area contributed by atoms with E-state index in [0.29, 0.717) is 6.61 Å². The van der Waals surface area contributed by atoms with Gasteiger partial charge in [0.2, 0.25) is 0 Å². The van der Waals surface area contributed by atoms with Crippen molar-refractivity contribution in [3.63, 3.8) is 0 Å². The SMILES string of the molecule is Cc1ccc(COc2ccc(Br)cc2-c2nc3ccc(C)cc3[nH]2)cc1. The van der Waals surface area contributed by atoms with E-state index in [1.807, 2.05) is 24.3 Å². The third-order valence-corrected chi connectivity index (χ3v) is 4.84. The molecule has 0 aliphatic heterocycles. The summed E-state index contributed by atoms with van der Waals surface area (Å²) in [4.78, 5) is 8.15. The van der Waals surface area contributed by atoms with Gasteiger partial charge in [-0.25, -0.2) is 4.98 Å². The van der Waals surface area contributed by atoms with Gasteiger partial charge in [0.15, 0.2) is 0 Å². The number of nitrogens with one attached hydrogen (secondary N) is 1. The van der Waals surface area contributed by atoms with Crippen LogP contribution in [0.2, 0.25) is 0 Å². The number of halogens is 1. The third kappa shape index (κ3) is 3.51. The number of aromatic amines is 1. The second-order valence-electron chi connectivity index (χ2n) is 6.52. The van der Waals surface area contributed by atoms with E-state index >= 15 is 0 Å². The highest BCUT2D eigenvalue weighted by molar-refractivity contribution is 9.10. The quantitative estimate of drug-likeness (QED) is 0.438. The molecule has 0 amide bonds. The van der Waals surface area contributed by atoms with E-state index in [9.17, 15) is 0 Å². The first-order valence-corrected chi connectivity index (χ1v) is 9.32. The first-order valence-electron chi connectivity index (χ1n) is 8.53. The van der Waals surface area contributed by atoms with E-state index in [1.165, 1.54) is 11.1 Å². The molecule has 4 rings (SSSR count). The zero-order chi connectivity index (χ0) is 18.1. The molecule has 130 valence electrons. The van der Waals surface area contributed by atoms with Crippen LogP contribution in [-0.4, -0.2) is 9.97 Å². The van der Waals surface area contributed by atoms with Crippen molar-refractivity contribution in [2.75, 3.05) is 0 Å². The number of nitrogens with zero attached hydrogens (tertiary/aromatic N) is 1. The number of rotatable bonds is 4. The Balaban J connectivity index is 1.68. The molecule has 0 aliphatic rings. The van der Waals surface area contributed by atoms with Crippen molar-refractivity contribution >= 4 is 27.0 Å². The minimum absolute atomic E-state index is 0.522. The highest BCUT2D eigenvalue weighted by Gasteiger charge is 2.12. The molecular formula is C22H19BrN2O. The lowest BCUT2D eigenvalue weighted by Crippen LogP contribution is -1.97. The van der Waals surface area contributed by atoms with Crippen molar-refractivity contribution in [3.8, 4) is 17.1 Å². The number of ether oxygens (including phenoxy) is 1. The molecule has 0 saturated heterocycles. The van der Waals surface area contributed by atoms with Gasteiger partial charge in [0.05, 0.1) is 16.6 Å². The van der Waals surface area contributed by atoms with Gasteiger partial charge in [0.25, 0.3) is 0 Å². The molecule has 4 aromatic rings. The molecule has 0 atom stereocenters. The lowest BCUT2D eigenvalue weighted by Gasteiger charge is -2.11. The molecule has 0 unspecified atom stereocenters. The summed E-state index contributed by atoms with van der Waals surface area (Å²) < 4.78 is 7.10. The van der Waals surface area contributed by atoms with Crippen LogP contribution in [0.25, 0.3) is 22.4 Å². The summed E-state index contributed by atoms with van der Waals surface area (Å²) in [6.07, 6.45) is 0. The molecule has 0 radical (unpaired) electrons. The molecule has 26 heavy (non-hydrogen) atoms. The first kappa shape index (κ1) is 16.9. The number of imidazole rings is 1. The molecule has 3 aromatic carbocycles. The van der Waals surface area contributed by atoms with Crippen LogP contribution in [-0.2, 0) is 6.61 Å². The minimum atomic E-state index is 0.522. The van der Waals surface area contributed by atoms with Crippen LogP contribution in [0, 0.1) is 13.8 Å². The molecule has 0 bridgehead atoms. The summed E-state index contributed by atoms with van der Waals surface area (Å²) in [5.41, 5.74) is 6.53. The molecule has 0 fully saturated rings. The summed E-state index contributed by atoms with van der Waals surface area (Å²) in [5.74, 6) is 1.62. The van der Waals surface area contributed by atoms with Crippen LogP contribution >= 0.6 is 15.9 Å². The van der Waals surface area contributed by atoms with Crippen molar-refractivity contribution in [1.82, 2.24) is 9.97 Å². The second kappa shape index (κ2) is 6.96. The molecule has 3 nitrogen and oxygen atoms in total. The Morgan fingerprint density at radius 2 is 1.69 bits per heavy atom. The normalized spacial score (nSPS) is 11.0. The van der Waals surface area contributed by atoms with Gasteiger partial charge in [-0.15, -0.1) is 0 Å². The zero-order valence-corrected chi connectivity index (χ0v) is 16.3. The molecule has 0 spiro atoms. The summed E-state index contributed by atoms with van der Waals surface area (Å²) in [5, 5.41) is 0. The third-order valence-electron chi connectivity index (χ3n) is 4.35. The fourth-order valence-electron chi connectivity index (χ4n) is 2.91. The van der Waals surface area contributed by atoms with Crippen molar-refractivity contribution in [2.45, 2.75) is 20.5 Å². The van der Waals surface area contributed by atoms with Gasteiger partial charge >= 0.3 is 0 Å². The van der Waals surface area contributed by atoms with Gasteiger partial charge in [0.1, 0.15) is 18.2 Å². The van der Waals surface area contributed by atoms with Gasteiger partial charge < -0.3 is 9.72 Å². The summed E-state index contributed by atoms with van der Waals surface area (Å²) >= 11 is 3.56. The van der Waals surface area contributed by atoms with Gasteiger partial charge in [-0.2, -0.15) is 0 Å². The van der Waals surface area contributed by atoms with E-state index in [4.69, 9.17) is 9.72 Å². The largest absolute Gasteiger partial charge is 0.488 e.